The lowest BCUT2D eigenvalue weighted by atomic mass is 10.1. The number of pyridine rings is 1. The second-order valence-corrected chi connectivity index (χ2v) is 5.59. The third kappa shape index (κ3) is 3.48. The normalized spacial score (nSPS) is 18.0. The van der Waals surface area contributed by atoms with Crippen molar-refractivity contribution in [3.63, 3.8) is 0 Å². The Morgan fingerprint density at radius 1 is 1.35 bits per heavy atom. The summed E-state index contributed by atoms with van der Waals surface area (Å²) >= 11 is 5.96. The van der Waals surface area contributed by atoms with Gasteiger partial charge in [0.1, 0.15) is 11.9 Å². The molecule has 120 valence electrons. The molecule has 4 nitrogen and oxygen atoms in total. The molecule has 3 rings (SSSR count). The summed E-state index contributed by atoms with van der Waals surface area (Å²) in [6.45, 7) is 0.873. The molecule has 1 aromatic carbocycles. The Labute approximate surface area is 136 Å². The standard InChI is InChI=1S/C16H13ClF2N2O2/c17-11-3-1-2-10(6-11)14-9-21(4-5-23-14)16(22)15-13(19)7-12(18)8-20-15/h1-3,6-8,14H,4-5,9H2. The van der Waals surface area contributed by atoms with Gasteiger partial charge in [-0.05, 0) is 17.7 Å². The molecule has 1 aliphatic rings. The number of rotatable bonds is 2. The van der Waals surface area contributed by atoms with E-state index >= 15 is 0 Å². The predicted octanol–water partition coefficient (Wildman–Crippen LogP) is 3.23. The largest absolute Gasteiger partial charge is 0.370 e. The fraction of sp³-hybridized carbons (Fsp3) is 0.250. The van der Waals surface area contributed by atoms with Gasteiger partial charge < -0.3 is 9.64 Å². The maximum Gasteiger partial charge on any atom is 0.275 e. The van der Waals surface area contributed by atoms with Crippen LogP contribution in [-0.2, 0) is 4.74 Å². The number of nitrogens with zero attached hydrogens (tertiary/aromatic N) is 2. The van der Waals surface area contributed by atoms with E-state index in [4.69, 9.17) is 16.3 Å². The van der Waals surface area contributed by atoms with E-state index < -0.39 is 23.2 Å². The van der Waals surface area contributed by atoms with E-state index in [1.165, 1.54) is 4.90 Å². The van der Waals surface area contributed by atoms with Crippen LogP contribution in [0.2, 0.25) is 5.02 Å². The zero-order valence-corrected chi connectivity index (χ0v) is 12.8. The molecule has 7 heteroatoms. The molecule has 0 spiro atoms. The number of aromatic nitrogens is 1. The third-order valence-corrected chi connectivity index (χ3v) is 3.82. The maximum atomic E-state index is 13.7. The number of benzene rings is 1. The Balaban J connectivity index is 1.79. The lowest BCUT2D eigenvalue weighted by molar-refractivity contribution is -0.0231. The molecule has 0 saturated carbocycles. The minimum absolute atomic E-state index is 0.248. The summed E-state index contributed by atoms with van der Waals surface area (Å²) in [5, 5.41) is 0.570. The number of hydrogen-bond acceptors (Lipinski definition) is 3. The quantitative estimate of drug-likeness (QED) is 0.844. The Morgan fingerprint density at radius 2 is 2.17 bits per heavy atom. The highest BCUT2D eigenvalue weighted by Gasteiger charge is 2.28. The molecular formula is C16H13ClF2N2O2. The van der Waals surface area contributed by atoms with Gasteiger partial charge >= 0.3 is 0 Å². The van der Waals surface area contributed by atoms with E-state index in [-0.39, 0.29) is 12.6 Å². The molecule has 1 fully saturated rings. The first-order valence-corrected chi connectivity index (χ1v) is 7.40. The van der Waals surface area contributed by atoms with Gasteiger partial charge in [-0.3, -0.25) is 4.79 Å². The number of amides is 1. The number of morpholine rings is 1. The van der Waals surface area contributed by atoms with Gasteiger partial charge in [0, 0.05) is 17.6 Å². The first-order chi connectivity index (χ1) is 11.0. The smallest absolute Gasteiger partial charge is 0.275 e. The number of ether oxygens (including phenoxy) is 1. The molecule has 23 heavy (non-hydrogen) atoms. The fourth-order valence-corrected chi connectivity index (χ4v) is 2.66. The van der Waals surface area contributed by atoms with Crippen molar-refractivity contribution in [3.8, 4) is 0 Å². The molecule has 1 atom stereocenters. The summed E-state index contributed by atoms with van der Waals surface area (Å²) in [5.41, 5.74) is 0.445. The average molecular weight is 339 g/mol. The summed E-state index contributed by atoms with van der Waals surface area (Å²) in [7, 11) is 0. The third-order valence-electron chi connectivity index (χ3n) is 3.58. The van der Waals surface area contributed by atoms with Crippen LogP contribution in [0.25, 0.3) is 0 Å². The second-order valence-electron chi connectivity index (χ2n) is 5.15. The van der Waals surface area contributed by atoms with Crippen molar-refractivity contribution >= 4 is 17.5 Å². The summed E-state index contributed by atoms with van der Waals surface area (Å²) in [5.74, 6) is -2.38. The second kappa shape index (κ2) is 6.60. The van der Waals surface area contributed by atoms with Crippen molar-refractivity contribution in [1.82, 2.24) is 9.88 Å². The zero-order valence-electron chi connectivity index (χ0n) is 12.0. The molecule has 1 aliphatic heterocycles. The molecule has 0 aliphatic carbocycles. The molecular weight excluding hydrogens is 326 g/mol. The average Bonchev–Trinajstić information content (AvgIpc) is 2.54. The van der Waals surface area contributed by atoms with E-state index in [1.807, 2.05) is 6.07 Å². The van der Waals surface area contributed by atoms with E-state index in [0.717, 1.165) is 11.8 Å². The van der Waals surface area contributed by atoms with Gasteiger partial charge in [0.05, 0.1) is 19.3 Å². The highest BCUT2D eigenvalue weighted by atomic mass is 35.5. The molecule has 0 bridgehead atoms. The summed E-state index contributed by atoms with van der Waals surface area (Å²) in [6, 6.07) is 7.80. The topological polar surface area (TPSA) is 42.4 Å². The number of hydrogen-bond donors (Lipinski definition) is 0. The predicted molar refractivity (Wildman–Crippen MR) is 80.2 cm³/mol. The number of carbonyl (C=O) groups excluding carboxylic acids is 1. The van der Waals surface area contributed by atoms with Crippen molar-refractivity contribution in [3.05, 3.63) is 64.4 Å². The molecule has 2 aromatic rings. The Kier molecular flexibility index (Phi) is 4.54. The number of halogens is 3. The van der Waals surface area contributed by atoms with Crippen LogP contribution in [0.15, 0.2) is 36.5 Å². The first kappa shape index (κ1) is 15.8. The SMILES string of the molecule is O=C(c1ncc(F)cc1F)N1CCOC(c2cccc(Cl)c2)C1. The monoisotopic (exact) mass is 338 g/mol. The summed E-state index contributed by atoms with van der Waals surface area (Å²) in [4.78, 5) is 17.4. The van der Waals surface area contributed by atoms with Gasteiger partial charge in [-0.1, -0.05) is 23.7 Å². The molecule has 1 aromatic heterocycles. The van der Waals surface area contributed by atoms with E-state index in [2.05, 4.69) is 4.98 Å². The lowest BCUT2D eigenvalue weighted by Crippen LogP contribution is -2.42. The highest BCUT2D eigenvalue weighted by Crippen LogP contribution is 2.25. The zero-order chi connectivity index (χ0) is 16.4. The van der Waals surface area contributed by atoms with Crippen molar-refractivity contribution in [2.45, 2.75) is 6.10 Å². The van der Waals surface area contributed by atoms with Crippen LogP contribution in [-0.4, -0.2) is 35.5 Å². The Bertz CT molecular complexity index is 742. The fourth-order valence-electron chi connectivity index (χ4n) is 2.46. The minimum atomic E-state index is -0.971. The molecule has 0 N–H and O–H groups in total. The maximum absolute atomic E-state index is 13.7. The van der Waals surface area contributed by atoms with Crippen LogP contribution >= 0.6 is 11.6 Å². The Morgan fingerprint density at radius 3 is 2.91 bits per heavy atom. The summed E-state index contributed by atoms with van der Waals surface area (Å²) < 4.78 is 32.3. The number of carbonyl (C=O) groups is 1. The van der Waals surface area contributed by atoms with Gasteiger partial charge in [-0.15, -0.1) is 0 Å². The van der Waals surface area contributed by atoms with Gasteiger partial charge in [-0.25, -0.2) is 13.8 Å². The van der Waals surface area contributed by atoms with Gasteiger partial charge in [0.25, 0.3) is 5.91 Å². The van der Waals surface area contributed by atoms with Crippen molar-refractivity contribution in [1.29, 1.82) is 0 Å². The van der Waals surface area contributed by atoms with Crippen LogP contribution in [0, 0.1) is 11.6 Å². The van der Waals surface area contributed by atoms with Crippen molar-refractivity contribution in [2.75, 3.05) is 19.7 Å². The Hall–Kier alpha value is -2.05. The van der Waals surface area contributed by atoms with Gasteiger partial charge in [0.2, 0.25) is 0 Å². The van der Waals surface area contributed by atoms with Crippen molar-refractivity contribution < 1.29 is 18.3 Å². The van der Waals surface area contributed by atoms with Crippen LogP contribution in [0.1, 0.15) is 22.2 Å². The van der Waals surface area contributed by atoms with Crippen LogP contribution in [0.3, 0.4) is 0 Å². The van der Waals surface area contributed by atoms with E-state index in [1.54, 1.807) is 18.2 Å². The van der Waals surface area contributed by atoms with E-state index in [9.17, 15) is 13.6 Å². The molecule has 1 amide bonds. The first-order valence-electron chi connectivity index (χ1n) is 7.02. The van der Waals surface area contributed by atoms with Crippen LogP contribution < -0.4 is 0 Å². The van der Waals surface area contributed by atoms with Crippen LogP contribution in [0.4, 0.5) is 8.78 Å². The molecule has 0 radical (unpaired) electrons. The van der Waals surface area contributed by atoms with Gasteiger partial charge in [-0.2, -0.15) is 0 Å². The minimum Gasteiger partial charge on any atom is -0.370 e. The van der Waals surface area contributed by atoms with Crippen molar-refractivity contribution in [2.24, 2.45) is 0 Å². The molecule has 2 heterocycles. The summed E-state index contributed by atoms with van der Waals surface area (Å²) in [6.07, 6.45) is 0.473. The van der Waals surface area contributed by atoms with Gasteiger partial charge in [0.15, 0.2) is 11.5 Å². The molecule has 1 saturated heterocycles. The van der Waals surface area contributed by atoms with Crippen LogP contribution in [0.5, 0.6) is 0 Å². The molecule has 1 unspecified atom stereocenters. The lowest BCUT2D eigenvalue weighted by Gasteiger charge is -2.33. The van der Waals surface area contributed by atoms with E-state index in [0.29, 0.717) is 24.2 Å². The highest BCUT2D eigenvalue weighted by molar-refractivity contribution is 6.30.